The molecule has 7 nitrogen and oxygen atoms in total. The zero-order chi connectivity index (χ0) is 20.4. The molecule has 0 heterocycles. The number of hydrogen-bond donors (Lipinski definition) is 2. The fourth-order valence-electron chi connectivity index (χ4n) is 2.36. The lowest BCUT2D eigenvalue weighted by atomic mass is 10.2. The van der Waals surface area contributed by atoms with E-state index in [1.54, 1.807) is 0 Å². The van der Waals surface area contributed by atoms with Gasteiger partial charge in [-0.25, -0.2) is 9.59 Å². The van der Waals surface area contributed by atoms with Crippen LogP contribution in [-0.4, -0.2) is 67.6 Å². The van der Waals surface area contributed by atoms with Crippen LogP contribution in [0, 0.1) is 0 Å². The minimum absolute atomic E-state index is 0.371. The highest BCUT2D eigenvalue weighted by molar-refractivity contribution is 5.67. The highest BCUT2D eigenvalue weighted by Crippen LogP contribution is 2.08. The summed E-state index contributed by atoms with van der Waals surface area (Å²) < 4.78 is 11.3. The zero-order valence-corrected chi connectivity index (χ0v) is 18.0. The van der Waals surface area contributed by atoms with Crippen LogP contribution < -0.4 is 10.6 Å². The van der Waals surface area contributed by atoms with Crippen LogP contribution in [0.4, 0.5) is 9.59 Å². The Morgan fingerprint density at radius 3 is 1.42 bits per heavy atom. The predicted octanol–water partition coefficient (Wildman–Crippen LogP) is 3.28. The highest BCUT2D eigenvalue weighted by atomic mass is 16.6. The molecule has 26 heavy (non-hydrogen) atoms. The number of rotatable bonds is 9. The first-order chi connectivity index (χ1) is 11.8. The van der Waals surface area contributed by atoms with Crippen LogP contribution in [0.5, 0.6) is 0 Å². The summed E-state index contributed by atoms with van der Waals surface area (Å²) in [5, 5.41) is 5.59. The fourth-order valence-corrected chi connectivity index (χ4v) is 2.36. The van der Waals surface area contributed by atoms with Crippen molar-refractivity contribution in [1.82, 2.24) is 10.6 Å². The van der Waals surface area contributed by atoms with Crippen molar-refractivity contribution in [3.63, 3.8) is 0 Å². The number of hydrogen-bond acceptors (Lipinski definition) is 4. The number of nitrogens with zero attached hydrogens (tertiary/aromatic N) is 1. The summed E-state index contributed by atoms with van der Waals surface area (Å²) in [4.78, 5) is 23.3. The van der Waals surface area contributed by atoms with Gasteiger partial charge in [0.25, 0.3) is 0 Å². The number of ether oxygens (including phenoxy) is 2. The van der Waals surface area contributed by atoms with E-state index >= 15 is 0 Å². The van der Waals surface area contributed by atoms with E-state index in [0.717, 1.165) is 37.0 Å². The van der Waals surface area contributed by atoms with E-state index in [4.69, 9.17) is 9.47 Å². The van der Waals surface area contributed by atoms with Gasteiger partial charge in [0.15, 0.2) is 0 Å². The van der Waals surface area contributed by atoms with E-state index in [2.05, 4.69) is 24.6 Å². The second-order valence-corrected chi connectivity index (χ2v) is 8.95. The third kappa shape index (κ3) is 13.8. The van der Waals surface area contributed by atoms with E-state index in [9.17, 15) is 9.59 Å². The lowest BCUT2D eigenvalue weighted by Crippen LogP contribution is -2.47. The smallest absolute Gasteiger partial charge is 0.407 e. The molecule has 7 heteroatoms. The molecule has 2 N–H and O–H groups in total. The minimum atomic E-state index is -0.473. The van der Waals surface area contributed by atoms with Crippen LogP contribution in [0.2, 0.25) is 0 Å². The number of carbonyl (C=O) groups is 2. The van der Waals surface area contributed by atoms with Crippen molar-refractivity contribution >= 4 is 12.2 Å². The van der Waals surface area contributed by atoms with E-state index in [1.165, 1.54) is 0 Å². The van der Waals surface area contributed by atoms with Gasteiger partial charge in [-0.2, -0.15) is 0 Å². The Morgan fingerprint density at radius 1 is 0.808 bits per heavy atom. The number of nitrogens with one attached hydrogen (secondary N) is 2. The molecule has 0 fully saturated rings. The monoisotopic (exact) mass is 374 g/mol. The van der Waals surface area contributed by atoms with Crippen LogP contribution in [0.25, 0.3) is 0 Å². The Morgan fingerprint density at radius 2 is 1.15 bits per heavy atom. The summed E-state index contributed by atoms with van der Waals surface area (Å²) in [6.07, 6.45) is 1.01. The molecular weight excluding hydrogens is 334 g/mol. The van der Waals surface area contributed by atoms with Gasteiger partial charge in [0.05, 0.1) is 26.7 Å². The van der Waals surface area contributed by atoms with Gasteiger partial charge in [0.1, 0.15) is 11.2 Å². The molecule has 0 aliphatic rings. The van der Waals surface area contributed by atoms with Gasteiger partial charge in [-0.15, -0.1) is 0 Å². The van der Waals surface area contributed by atoms with Gasteiger partial charge in [-0.3, -0.25) is 0 Å². The van der Waals surface area contributed by atoms with Gasteiger partial charge in [0.2, 0.25) is 0 Å². The Kier molecular flexibility index (Phi) is 9.99. The predicted molar refractivity (Wildman–Crippen MR) is 104 cm³/mol. The van der Waals surface area contributed by atoms with E-state index in [1.807, 2.05) is 41.5 Å². The van der Waals surface area contributed by atoms with Crippen LogP contribution in [0.3, 0.4) is 0 Å². The van der Waals surface area contributed by atoms with Crippen LogP contribution in [0.15, 0.2) is 0 Å². The average molecular weight is 375 g/mol. The van der Waals surface area contributed by atoms with Crippen molar-refractivity contribution < 1.29 is 23.5 Å². The van der Waals surface area contributed by atoms with Gasteiger partial charge < -0.3 is 24.6 Å². The van der Waals surface area contributed by atoms with Gasteiger partial charge in [-0.1, -0.05) is 0 Å². The Labute approximate surface area is 159 Å². The molecule has 0 atom stereocenters. The van der Waals surface area contributed by atoms with Crippen molar-refractivity contribution in [3.8, 4) is 0 Å². The molecular formula is C19H40N3O4+. The van der Waals surface area contributed by atoms with Crippen molar-refractivity contribution in [3.05, 3.63) is 0 Å². The highest BCUT2D eigenvalue weighted by Gasteiger charge is 2.20. The Balaban J connectivity index is 4.02. The summed E-state index contributed by atoms with van der Waals surface area (Å²) in [6, 6.07) is 0. The minimum Gasteiger partial charge on any atom is -0.444 e. The quantitative estimate of drug-likeness (QED) is 0.480. The van der Waals surface area contributed by atoms with E-state index in [-0.39, 0.29) is 12.2 Å². The third-order valence-electron chi connectivity index (χ3n) is 3.85. The van der Waals surface area contributed by atoms with Gasteiger partial charge in [-0.05, 0) is 48.5 Å². The van der Waals surface area contributed by atoms with Gasteiger partial charge >= 0.3 is 12.2 Å². The maximum Gasteiger partial charge on any atom is 0.407 e. The molecule has 0 spiro atoms. The molecule has 0 aliphatic carbocycles. The first-order valence-electron chi connectivity index (χ1n) is 9.53. The Hall–Kier alpha value is -1.50. The third-order valence-corrected chi connectivity index (χ3v) is 3.85. The molecule has 0 radical (unpaired) electrons. The van der Waals surface area contributed by atoms with Crippen molar-refractivity contribution in [2.75, 3.05) is 39.8 Å². The largest absolute Gasteiger partial charge is 0.444 e. The fraction of sp³-hybridized carbons (Fsp3) is 0.895. The number of carbonyl (C=O) groups excluding carboxylic acids is 2. The lowest BCUT2D eigenvalue weighted by molar-refractivity contribution is -0.908. The van der Waals surface area contributed by atoms with Crippen LogP contribution in [-0.2, 0) is 9.47 Å². The zero-order valence-electron chi connectivity index (χ0n) is 18.0. The SMILES string of the molecule is CC[N+](C)(CCCNC(=O)OC(C)(C)C)CCCNC(=O)OC(C)(C)C. The number of amides is 2. The Bertz CT molecular complexity index is 403. The maximum absolute atomic E-state index is 11.6. The average Bonchev–Trinajstić information content (AvgIpc) is 2.45. The molecule has 0 unspecified atom stereocenters. The molecule has 2 amide bonds. The standard InChI is InChI=1S/C19H39N3O4/c1-9-22(8,14-10-12-20-16(23)25-18(2,3)4)15-11-13-21-17(24)26-19(5,6)7/h9-15H2,1-8H3,(H-,20,21,23,24)/p+1. The molecule has 0 saturated heterocycles. The summed E-state index contributed by atoms with van der Waals surface area (Å²) in [6.45, 7) is 17.4. The van der Waals surface area contributed by atoms with E-state index < -0.39 is 11.2 Å². The second-order valence-electron chi connectivity index (χ2n) is 8.95. The molecule has 154 valence electrons. The lowest BCUT2D eigenvalue weighted by Gasteiger charge is -2.33. The molecule has 0 aliphatic heterocycles. The first kappa shape index (κ1) is 24.5. The summed E-state index contributed by atoms with van der Waals surface area (Å²) in [5.41, 5.74) is -0.946. The number of alkyl carbamates (subject to hydrolysis) is 2. The van der Waals surface area contributed by atoms with Crippen molar-refractivity contribution in [2.24, 2.45) is 0 Å². The van der Waals surface area contributed by atoms with Crippen molar-refractivity contribution in [2.45, 2.75) is 72.5 Å². The van der Waals surface area contributed by atoms with Crippen molar-refractivity contribution in [1.29, 1.82) is 0 Å². The molecule has 0 aromatic heterocycles. The maximum atomic E-state index is 11.6. The normalized spacial score (nSPS) is 12.5. The second kappa shape index (κ2) is 10.6. The molecule has 0 bridgehead atoms. The summed E-state index contributed by atoms with van der Waals surface area (Å²) >= 11 is 0. The summed E-state index contributed by atoms with van der Waals surface area (Å²) in [5.74, 6) is 0. The summed E-state index contributed by atoms with van der Waals surface area (Å²) in [7, 11) is 2.20. The van der Waals surface area contributed by atoms with Crippen LogP contribution >= 0.6 is 0 Å². The topological polar surface area (TPSA) is 76.7 Å². The van der Waals surface area contributed by atoms with Gasteiger partial charge in [0, 0.05) is 25.9 Å². The van der Waals surface area contributed by atoms with Crippen LogP contribution in [0.1, 0.15) is 61.3 Å². The molecule has 0 saturated carbocycles. The molecule has 0 aromatic carbocycles. The number of quaternary nitrogens is 1. The molecule has 0 rings (SSSR count). The first-order valence-corrected chi connectivity index (χ1v) is 9.53. The van der Waals surface area contributed by atoms with E-state index in [0.29, 0.717) is 13.1 Å². The molecule has 0 aromatic rings.